The van der Waals surface area contributed by atoms with Crippen LogP contribution in [0.2, 0.25) is 0 Å². The topological polar surface area (TPSA) is 52.6 Å². The van der Waals surface area contributed by atoms with E-state index in [0.29, 0.717) is 11.8 Å². The van der Waals surface area contributed by atoms with E-state index < -0.39 is 0 Å². The predicted molar refractivity (Wildman–Crippen MR) is 58.9 cm³/mol. The number of hydrogen-bond acceptors (Lipinski definition) is 4. The summed E-state index contributed by atoms with van der Waals surface area (Å²) in [6.07, 6.45) is 0. The molecule has 6 aliphatic carbocycles. The molecule has 10 atom stereocenters. The lowest BCUT2D eigenvalue weighted by atomic mass is 9.09. The molecule has 96 valence electrons. The third-order valence-electron chi connectivity index (χ3n) is 7.05. The molecule has 18 heavy (non-hydrogen) atoms. The summed E-state index contributed by atoms with van der Waals surface area (Å²) in [5, 5.41) is 0. The maximum absolute atomic E-state index is 12.1. The summed E-state index contributed by atoms with van der Waals surface area (Å²) >= 11 is 0. The van der Waals surface area contributed by atoms with Crippen LogP contribution in [0.1, 0.15) is 0 Å². The van der Waals surface area contributed by atoms with Gasteiger partial charge < -0.3 is 9.47 Å². The van der Waals surface area contributed by atoms with Gasteiger partial charge in [-0.2, -0.15) is 0 Å². The maximum Gasteiger partial charge on any atom is 0.309 e. The van der Waals surface area contributed by atoms with E-state index in [-0.39, 0.29) is 23.8 Å². The van der Waals surface area contributed by atoms with Crippen LogP contribution in [0.5, 0.6) is 0 Å². The van der Waals surface area contributed by atoms with Gasteiger partial charge in [0, 0.05) is 0 Å². The molecule has 6 aliphatic rings. The molecule has 0 aromatic carbocycles. The Morgan fingerprint density at radius 2 is 0.889 bits per heavy atom. The van der Waals surface area contributed by atoms with Crippen molar-refractivity contribution < 1.29 is 19.1 Å². The largest absolute Gasteiger partial charge is 0.469 e. The molecule has 0 aliphatic heterocycles. The van der Waals surface area contributed by atoms with E-state index in [1.807, 2.05) is 0 Å². The second-order valence-corrected chi connectivity index (χ2v) is 6.72. The molecular formula is C14H16O4. The van der Waals surface area contributed by atoms with Gasteiger partial charge in [-0.3, -0.25) is 9.59 Å². The molecule has 0 aromatic heterocycles. The highest BCUT2D eigenvalue weighted by Crippen LogP contribution is 2.93. The smallest absolute Gasteiger partial charge is 0.309 e. The van der Waals surface area contributed by atoms with Crippen LogP contribution in [-0.2, 0) is 19.1 Å². The van der Waals surface area contributed by atoms with Crippen molar-refractivity contribution >= 4 is 11.9 Å². The highest BCUT2D eigenvalue weighted by Gasteiger charge is 2.92. The molecule has 0 radical (unpaired) electrons. The van der Waals surface area contributed by atoms with Crippen molar-refractivity contribution in [3.05, 3.63) is 0 Å². The van der Waals surface area contributed by atoms with E-state index in [9.17, 15) is 9.59 Å². The monoisotopic (exact) mass is 248 g/mol. The standard InChI is InChI=1S/C14H16O4/c1-17-13(15)11-9-5-3-4-7(5)10(8(4)6(3)9)12(11)14(16)18-2/h3-12H,1-2H3/t3?,4?,5-,6+,7+,8-,9?,10?,11-,12+. The van der Waals surface area contributed by atoms with E-state index in [0.717, 1.165) is 35.5 Å². The fourth-order valence-electron chi connectivity index (χ4n) is 6.87. The lowest BCUT2D eigenvalue weighted by Gasteiger charge is -2.94. The van der Waals surface area contributed by atoms with Crippen molar-refractivity contribution in [1.82, 2.24) is 0 Å². The fourth-order valence-corrected chi connectivity index (χ4v) is 6.87. The Hall–Kier alpha value is -1.06. The highest BCUT2D eigenvalue weighted by atomic mass is 16.5. The van der Waals surface area contributed by atoms with Gasteiger partial charge in [-0.15, -0.1) is 0 Å². The van der Waals surface area contributed by atoms with Gasteiger partial charge in [-0.1, -0.05) is 0 Å². The quantitative estimate of drug-likeness (QED) is 0.670. The maximum atomic E-state index is 12.1. The fraction of sp³-hybridized carbons (Fsp3) is 0.857. The van der Waals surface area contributed by atoms with Gasteiger partial charge in [0.1, 0.15) is 0 Å². The molecule has 6 rings (SSSR count). The number of carbonyl (C=O) groups is 2. The minimum absolute atomic E-state index is 0.189. The van der Waals surface area contributed by atoms with Crippen LogP contribution in [0.4, 0.5) is 0 Å². The van der Waals surface area contributed by atoms with Crippen LogP contribution < -0.4 is 0 Å². The zero-order valence-electron chi connectivity index (χ0n) is 10.4. The lowest BCUT2D eigenvalue weighted by molar-refractivity contribution is -0.479. The summed E-state index contributed by atoms with van der Waals surface area (Å²) in [4.78, 5) is 24.1. The van der Waals surface area contributed by atoms with E-state index in [4.69, 9.17) is 9.47 Å². The molecular weight excluding hydrogens is 232 g/mol. The average Bonchev–Trinajstić information content (AvgIpc) is 2.36. The average molecular weight is 248 g/mol. The Morgan fingerprint density at radius 1 is 0.611 bits per heavy atom. The van der Waals surface area contributed by atoms with Crippen LogP contribution in [0, 0.1) is 59.2 Å². The second kappa shape index (κ2) is 2.61. The summed E-state index contributed by atoms with van der Waals surface area (Å²) in [5.74, 6) is 4.81. The summed E-state index contributed by atoms with van der Waals surface area (Å²) in [6.45, 7) is 0. The first-order valence-electron chi connectivity index (χ1n) is 6.88. The summed E-state index contributed by atoms with van der Waals surface area (Å²) in [5.41, 5.74) is 0. The van der Waals surface area contributed by atoms with Crippen LogP contribution >= 0.6 is 0 Å². The molecule has 0 saturated heterocycles. The molecule has 0 amide bonds. The van der Waals surface area contributed by atoms with Crippen LogP contribution in [0.25, 0.3) is 0 Å². The van der Waals surface area contributed by atoms with Gasteiger partial charge in [-0.25, -0.2) is 0 Å². The highest BCUT2D eigenvalue weighted by molar-refractivity contribution is 5.84. The number of carbonyl (C=O) groups excluding carboxylic acids is 2. The van der Waals surface area contributed by atoms with Gasteiger partial charge in [0.15, 0.2) is 0 Å². The Labute approximate surface area is 105 Å². The van der Waals surface area contributed by atoms with Gasteiger partial charge in [0.2, 0.25) is 0 Å². The lowest BCUT2D eigenvalue weighted by Crippen LogP contribution is -2.93. The van der Waals surface area contributed by atoms with Gasteiger partial charge in [0.25, 0.3) is 0 Å². The third-order valence-corrected chi connectivity index (χ3v) is 7.05. The molecule has 4 heteroatoms. The van der Waals surface area contributed by atoms with E-state index in [1.165, 1.54) is 14.2 Å². The summed E-state index contributed by atoms with van der Waals surface area (Å²) < 4.78 is 9.90. The normalized spacial score (nSPS) is 63.4. The molecule has 6 fully saturated rings. The zero-order valence-corrected chi connectivity index (χ0v) is 10.4. The van der Waals surface area contributed by atoms with Crippen molar-refractivity contribution in [1.29, 1.82) is 0 Å². The first-order valence-corrected chi connectivity index (χ1v) is 6.88. The molecule has 6 saturated carbocycles. The number of methoxy groups -OCH3 is 2. The van der Waals surface area contributed by atoms with Crippen molar-refractivity contribution in [3.63, 3.8) is 0 Å². The van der Waals surface area contributed by atoms with E-state index >= 15 is 0 Å². The van der Waals surface area contributed by atoms with Crippen LogP contribution in [0.3, 0.4) is 0 Å². The van der Waals surface area contributed by atoms with Crippen LogP contribution in [-0.4, -0.2) is 26.2 Å². The molecule has 0 N–H and O–H groups in total. The molecule has 2 bridgehead atoms. The minimum Gasteiger partial charge on any atom is -0.469 e. The number of esters is 2. The molecule has 0 heterocycles. The Kier molecular flexibility index (Phi) is 1.42. The SMILES string of the molecule is COC(=O)[C@@H]1C2[C@H]3C4C5[C@H](C([C@H]53)[C@@H]1C(=O)OC)[C@@H]42. The molecule has 0 spiro atoms. The van der Waals surface area contributed by atoms with Crippen molar-refractivity contribution in [2.75, 3.05) is 14.2 Å². The second-order valence-electron chi connectivity index (χ2n) is 6.72. The zero-order chi connectivity index (χ0) is 12.3. The van der Waals surface area contributed by atoms with E-state index in [2.05, 4.69) is 0 Å². The third kappa shape index (κ3) is 0.648. The van der Waals surface area contributed by atoms with Crippen LogP contribution in [0.15, 0.2) is 0 Å². The van der Waals surface area contributed by atoms with E-state index in [1.54, 1.807) is 0 Å². The Bertz CT molecular complexity index is 422. The minimum atomic E-state index is -0.215. The predicted octanol–water partition coefficient (Wildman–Crippen LogP) is 0.562. The number of hydrogen-bond donors (Lipinski definition) is 0. The number of rotatable bonds is 2. The van der Waals surface area contributed by atoms with Crippen molar-refractivity contribution in [3.8, 4) is 0 Å². The first-order chi connectivity index (χ1) is 8.72. The molecule has 4 nitrogen and oxygen atoms in total. The van der Waals surface area contributed by atoms with Crippen molar-refractivity contribution in [2.45, 2.75) is 0 Å². The Morgan fingerprint density at radius 3 is 1.17 bits per heavy atom. The van der Waals surface area contributed by atoms with Gasteiger partial charge >= 0.3 is 11.9 Å². The summed E-state index contributed by atoms with van der Waals surface area (Å²) in [7, 11) is 2.86. The number of fused-ring (bicyclic) bond motifs is 1. The number of ether oxygens (including phenoxy) is 2. The Balaban J connectivity index is 1.56. The molecule has 4 unspecified atom stereocenters. The van der Waals surface area contributed by atoms with Crippen molar-refractivity contribution in [2.24, 2.45) is 59.2 Å². The van der Waals surface area contributed by atoms with Gasteiger partial charge in [0.05, 0.1) is 26.1 Å². The summed E-state index contributed by atoms with van der Waals surface area (Å²) in [6, 6.07) is 0. The first kappa shape index (κ1) is 9.82. The van der Waals surface area contributed by atoms with Gasteiger partial charge in [-0.05, 0) is 47.3 Å². The molecule has 0 aromatic rings.